The van der Waals surface area contributed by atoms with Gasteiger partial charge in [0.1, 0.15) is 23.1 Å². The highest BCUT2D eigenvalue weighted by atomic mass is 19.1. The third-order valence-electron chi connectivity index (χ3n) is 4.69. The molecule has 0 saturated carbocycles. The molecule has 7 nitrogen and oxygen atoms in total. The first kappa shape index (κ1) is 18.3. The summed E-state index contributed by atoms with van der Waals surface area (Å²) >= 11 is 0. The summed E-state index contributed by atoms with van der Waals surface area (Å²) in [5.41, 5.74) is 1.14. The van der Waals surface area contributed by atoms with E-state index in [-0.39, 0.29) is 28.2 Å². The van der Waals surface area contributed by atoms with Crippen LogP contribution in [0, 0.1) is 24.1 Å². The van der Waals surface area contributed by atoms with Crippen LogP contribution in [0.2, 0.25) is 0 Å². The van der Waals surface area contributed by atoms with Crippen LogP contribution in [0.15, 0.2) is 47.3 Å². The Kier molecular flexibility index (Phi) is 4.28. The van der Waals surface area contributed by atoms with Gasteiger partial charge in [-0.1, -0.05) is 12.1 Å². The van der Waals surface area contributed by atoms with Crippen LogP contribution in [0.5, 0.6) is 11.5 Å². The molecule has 0 fully saturated rings. The normalized spacial score (nSPS) is 10.8. The molecule has 8 heteroatoms. The fraction of sp³-hybridized carbons (Fsp3) is 0.0952. The number of ether oxygens (including phenoxy) is 1. The van der Waals surface area contributed by atoms with Gasteiger partial charge in [-0.05, 0) is 37.3 Å². The van der Waals surface area contributed by atoms with Gasteiger partial charge in [-0.2, -0.15) is 10.4 Å². The molecule has 4 aromatic rings. The number of H-pyrrole nitrogens is 1. The highest BCUT2D eigenvalue weighted by Gasteiger charge is 2.23. The van der Waals surface area contributed by atoms with Gasteiger partial charge in [-0.15, -0.1) is 0 Å². The molecular formula is C21H15FN4O3. The van der Waals surface area contributed by atoms with Crippen molar-refractivity contribution in [2.45, 2.75) is 6.92 Å². The Morgan fingerprint density at radius 3 is 2.62 bits per heavy atom. The summed E-state index contributed by atoms with van der Waals surface area (Å²) in [4.78, 5) is 15.4. The number of aromatic amines is 1. The van der Waals surface area contributed by atoms with Gasteiger partial charge in [-0.25, -0.2) is 9.07 Å². The zero-order valence-electron chi connectivity index (χ0n) is 15.5. The van der Waals surface area contributed by atoms with E-state index in [2.05, 4.69) is 10.1 Å². The Labute approximate surface area is 164 Å². The van der Waals surface area contributed by atoms with E-state index in [9.17, 15) is 19.6 Å². The molecule has 0 aliphatic rings. The first-order valence-electron chi connectivity index (χ1n) is 8.64. The Morgan fingerprint density at radius 2 is 1.97 bits per heavy atom. The SMILES string of the molecule is COc1cccc(-c2c(C#N)c(=O)[nH]c3c2c(C)nn3-c2ccc(F)cc2)c1O. The van der Waals surface area contributed by atoms with Gasteiger partial charge in [0.05, 0.1) is 18.5 Å². The second-order valence-electron chi connectivity index (χ2n) is 6.37. The Morgan fingerprint density at radius 1 is 1.24 bits per heavy atom. The van der Waals surface area contributed by atoms with E-state index in [0.717, 1.165) is 0 Å². The van der Waals surface area contributed by atoms with Gasteiger partial charge in [0.25, 0.3) is 5.56 Å². The predicted molar refractivity (Wildman–Crippen MR) is 105 cm³/mol. The number of nitrogens with one attached hydrogen (secondary N) is 1. The van der Waals surface area contributed by atoms with E-state index in [1.54, 1.807) is 25.1 Å². The molecule has 0 amide bonds. The van der Waals surface area contributed by atoms with Crippen molar-refractivity contribution >= 4 is 11.0 Å². The number of para-hydroxylation sites is 1. The molecule has 0 atom stereocenters. The summed E-state index contributed by atoms with van der Waals surface area (Å²) in [6.45, 7) is 1.72. The van der Waals surface area contributed by atoms with E-state index >= 15 is 0 Å². The number of nitriles is 1. The molecule has 0 bridgehead atoms. The van der Waals surface area contributed by atoms with Crippen LogP contribution in [0.3, 0.4) is 0 Å². The van der Waals surface area contributed by atoms with Gasteiger partial charge < -0.3 is 14.8 Å². The average molecular weight is 390 g/mol. The van der Waals surface area contributed by atoms with Gasteiger partial charge >= 0.3 is 0 Å². The van der Waals surface area contributed by atoms with Crippen LogP contribution in [0.4, 0.5) is 4.39 Å². The average Bonchev–Trinajstić information content (AvgIpc) is 3.04. The number of benzene rings is 2. The zero-order valence-corrected chi connectivity index (χ0v) is 15.5. The maximum Gasteiger partial charge on any atom is 0.268 e. The Bertz CT molecular complexity index is 1350. The van der Waals surface area contributed by atoms with E-state index in [4.69, 9.17) is 4.74 Å². The lowest BCUT2D eigenvalue weighted by molar-refractivity contribution is 0.374. The quantitative estimate of drug-likeness (QED) is 0.558. The summed E-state index contributed by atoms with van der Waals surface area (Å²) in [7, 11) is 1.41. The topological polar surface area (TPSA) is 104 Å². The summed E-state index contributed by atoms with van der Waals surface area (Å²) in [6, 6.07) is 12.4. The van der Waals surface area contributed by atoms with E-state index in [0.29, 0.717) is 22.4 Å². The monoisotopic (exact) mass is 390 g/mol. The lowest BCUT2D eigenvalue weighted by Gasteiger charge is -2.12. The highest BCUT2D eigenvalue weighted by molar-refractivity contribution is 6.00. The minimum Gasteiger partial charge on any atom is -0.504 e. The van der Waals surface area contributed by atoms with E-state index < -0.39 is 11.4 Å². The van der Waals surface area contributed by atoms with Crippen molar-refractivity contribution in [3.05, 3.63) is 69.9 Å². The molecule has 0 spiro atoms. The molecule has 29 heavy (non-hydrogen) atoms. The van der Waals surface area contributed by atoms with Crippen LogP contribution in [-0.4, -0.2) is 27.0 Å². The Balaban J connectivity index is 2.14. The lowest BCUT2D eigenvalue weighted by atomic mass is 9.96. The van der Waals surface area contributed by atoms with Crippen molar-refractivity contribution in [1.82, 2.24) is 14.8 Å². The van der Waals surface area contributed by atoms with Crippen molar-refractivity contribution in [3.63, 3.8) is 0 Å². The first-order chi connectivity index (χ1) is 14.0. The van der Waals surface area contributed by atoms with Crippen LogP contribution < -0.4 is 10.3 Å². The van der Waals surface area contributed by atoms with Crippen LogP contribution in [0.25, 0.3) is 27.8 Å². The molecule has 0 saturated heterocycles. The molecule has 0 aliphatic heterocycles. The third kappa shape index (κ3) is 2.80. The number of phenolic OH excluding ortho intramolecular Hbond substituents is 1. The molecule has 2 aromatic carbocycles. The number of pyridine rings is 1. The maximum absolute atomic E-state index is 13.3. The number of halogens is 1. The number of hydrogen-bond donors (Lipinski definition) is 2. The molecule has 2 N–H and O–H groups in total. The highest BCUT2D eigenvalue weighted by Crippen LogP contribution is 2.41. The molecule has 144 valence electrons. The molecular weight excluding hydrogens is 375 g/mol. The number of methoxy groups -OCH3 is 1. The molecule has 2 aromatic heterocycles. The van der Waals surface area contributed by atoms with Crippen LogP contribution in [0.1, 0.15) is 11.3 Å². The zero-order chi connectivity index (χ0) is 20.7. The number of aromatic nitrogens is 3. The van der Waals surface area contributed by atoms with Crippen molar-refractivity contribution in [2.75, 3.05) is 7.11 Å². The second kappa shape index (κ2) is 6.80. The summed E-state index contributed by atoms with van der Waals surface area (Å²) in [5, 5.41) is 25.2. The minimum atomic E-state index is -0.625. The standard InChI is InChI=1S/C21H15FN4O3/c1-11-17-18(14-4-3-5-16(29-2)19(14)27)15(10-23)21(28)24-20(17)26(25-11)13-8-6-12(22)7-9-13/h3-9,27H,1-2H3,(H,24,28). The third-order valence-corrected chi connectivity index (χ3v) is 4.69. The van der Waals surface area contributed by atoms with E-state index in [1.165, 1.54) is 36.1 Å². The fourth-order valence-corrected chi connectivity index (χ4v) is 3.38. The van der Waals surface area contributed by atoms with Crippen molar-refractivity contribution in [3.8, 4) is 34.4 Å². The number of aryl methyl sites for hydroxylation is 1. The Hall–Kier alpha value is -4.12. The number of nitrogens with zero attached hydrogens (tertiary/aromatic N) is 3. The smallest absolute Gasteiger partial charge is 0.268 e. The van der Waals surface area contributed by atoms with Gasteiger partial charge in [-0.3, -0.25) is 4.79 Å². The number of fused-ring (bicyclic) bond motifs is 1. The minimum absolute atomic E-state index is 0.150. The van der Waals surface area contributed by atoms with Crippen molar-refractivity contribution in [1.29, 1.82) is 5.26 Å². The fourth-order valence-electron chi connectivity index (χ4n) is 3.38. The largest absolute Gasteiger partial charge is 0.504 e. The van der Waals surface area contributed by atoms with Gasteiger partial charge in [0, 0.05) is 16.5 Å². The van der Waals surface area contributed by atoms with Crippen LogP contribution in [-0.2, 0) is 0 Å². The number of phenols is 1. The van der Waals surface area contributed by atoms with Crippen molar-refractivity contribution in [2.24, 2.45) is 0 Å². The summed E-state index contributed by atoms with van der Waals surface area (Å²) in [6.07, 6.45) is 0. The molecule has 0 aliphatic carbocycles. The number of aromatic hydroxyl groups is 1. The molecule has 0 unspecified atom stereocenters. The van der Waals surface area contributed by atoms with Gasteiger partial charge in [0.2, 0.25) is 0 Å². The molecule has 0 radical (unpaired) electrons. The van der Waals surface area contributed by atoms with E-state index in [1.807, 2.05) is 6.07 Å². The van der Waals surface area contributed by atoms with Crippen molar-refractivity contribution < 1.29 is 14.2 Å². The summed E-state index contributed by atoms with van der Waals surface area (Å²) < 4.78 is 20.0. The maximum atomic E-state index is 13.3. The number of rotatable bonds is 3. The molecule has 4 rings (SSSR count). The van der Waals surface area contributed by atoms with Gasteiger partial charge in [0.15, 0.2) is 11.5 Å². The second-order valence-corrected chi connectivity index (χ2v) is 6.37. The lowest BCUT2D eigenvalue weighted by Crippen LogP contribution is -2.13. The predicted octanol–water partition coefficient (Wildman–Crippen LogP) is 3.41. The first-order valence-corrected chi connectivity index (χ1v) is 8.64. The molecule has 2 heterocycles. The van der Waals surface area contributed by atoms with Crippen LogP contribution >= 0.6 is 0 Å². The summed E-state index contributed by atoms with van der Waals surface area (Å²) in [5.74, 6) is -0.375. The number of hydrogen-bond acceptors (Lipinski definition) is 5.